The summed E-state index contributed by atoms with van der Waals surface area (Å²) < 4.78 is 0. The molecule has 0 aromatic heterocycles. The summed E-state index contributed by atoms with van der Waals surface area (Å²) in [5.74, 6) is 0. The Balaban J connectivity index is 2.43. The molecule has 76 valence electrons. The number of hydrogen-bond acceptors (Lipinski definition) is 1. The highest BCUT2D eigenvalue weighted by Gasteiger charge is 2.27. The SMILES string of the molecule is Cc1ccc2c(c1)N(C(C)(C)C)CC2. The first-order valence-corrected chi connectivity index (χ1v) is 5.36. The number of benzene rings is 1. The molecule has 0 amide bonds. The van der Waals surface area contributed by atoms with Crippen molar-refractivity contribution in [2.45, 2.75) is 39.7 Å². The van der Waals surface area contributed by atoms with Gasteiger partial charge in [0.25, 0.3) is 0 Å². The molecule has 0 unspecified atom stereocenters. The Hall–Kier alpha value is -0.980. The lowest BCUT2D eigenvalue weighted by atomic mass is 10.1. The van der Waals surface area contributed by atoms with Gasteiger partial charge in [0, 0.05) is 17.8 Å². The summed E-state index contributed by atoms with van der Waals surface area (Å²) in [6.07, 6.45) is 1.20. The normalized spacial score (nSPS) is 15.9. The number of aryl methyl sites for hydroxylation is 1. The zero-order chi connectivity index (χ0) is 10.3. The standard InChI is InChI=1S/C13H19N/c1-10-5-6-11-7-8-14(12(11)9-10)13(2,3)4/h5-6,9H,7-8H2,1-4H3. The van der Waals surface area contributed by atoms with E-state index in [1.54, 1.807) is 0 Å². The Kier molecular flexibility index (Phi) is 2.06. The number of anilines is 1. The van der Waals surface area contributed by atoms with Crippen molar-refractivity contribution in [2.75, 3.05) is 11.4 Å². The molecule has 0 spiro atoms. The zero-order valence-corrected chi connectivity index (χ0v) is 9.59. The molecule has 0 saturated heterocycles. The van der Waals surface area contributed by atoms with Crippen LogP contribution in [0.2, 0.25) is 0 Å². The van der Waals surface area contributed by atoms with Crippen molar-refractivity contribution in [3.05, 3.63) is 29.3 Å². The summed E-state index contributed by atoms with van der Waals surface area (Å²) in [5.41, 5.74) is 4.56. The summed E-state index contributed by atoms with van der Waals surface area (Å²) >= 11 is 0. The molecule has 0 bridgehead atoms. The maximum Gasteiger partial charge on any atom is 0.0406 e. The van der Waals surface area contributed by atoms with Gasteiger partial charge in [0.1, 0.15) is 0 Å². The van der Waals surface area contributed by atoms with E-state index in [0.717, 1.165) is 0 Å². The predicted octanol–water partition coefficient (Wildman–Crippen LogP) is 3.16. The fraction of sp³-hybridized carbons (Fsp3) is 0.538. The number of fused-ring (bicyclic) bond motifs is 1. The van der Waals surface area contributed by atoms with Crippen LogP contribution in [-0.4, -0.2) is 12.1 Å². The summed E-state index contributed by atoms with van der Waals surface area (Å²) in [6, 6.07) is 6.80. The molecule has 1 aromatic carbocycles. The van der Waals surface area contributed by atoms with Gasteiger partial charge in [-0.15, -0.1) is 0 Å². The van der Waals surface area contributed by atoms with Crippen molar-refractivity contribution in [2.24, 2.45) is 0 Å². The number of hydrogen-bond donors (Lipinski definition) is 0. The molecule has 1 aromatic rings. The first-order valence-electron chi connectivity index (χ1n) is 5.36. The lowest BCUT2D eigenvalue weighted by Crippen LogP contribution is -2.40. The van der Waals surface area contributed by atoms with Gasteiger partial charge in [0.15, 0.2) is 0 Å². The van der Waals surface area contributed by atoms with Crippen LogP contribution >= 0.6 is 0 Å². The lowest BCUT2D eigenvalue weighted by molar-refractivity contribution is 0.518. The van der Waals surface area contributed by atoms with Gasteiger partial charge in [-0.1, -0.05) is 12.1 Å². The van der Waals surface area contributed by atoms with Gasteiger partial charge in [-0.25, -0.2) is 0 Å². The summed E-state index contributed by atoms with van der Waals surface area (Å²) in [5, 5.41) is 0. The minimum Gasteiger partial charge on any atom is -0.366 e. The minimum atomic E-state index is 0.249. The topological polar surface area (TPSA) is 3.24 Å². The van der Waals surface area contributed by atoms with Crippen molar-refractivity contribution >= 4 is 5.69 Å². The average molecular weight is 189 g/mol. The maximum absolute atomic E-state index is 2.51. The van der Waals surface area contributed by atoms with Crippen molar-refractivity contribution in [1.29, 1.82) is 0 Å². The highest BCUT2D eigenvalue weighted by atomic mass is 15.2. The van der Waals surface area contributed by atoms with E-state index in [4.69, 9.17) is 0 Å². The molecule has 0 aliphatic carbocycles. The molecule has 0 atom stereocenters. The summed E-state index contributed by atoms with van der Waals surface area (Å²) in [6.45, 7) is 10.2. The van der Waals surface area contributed by atoms with E-state index in [2.05, 4.69) is 50.8 Å². The molecular weight excluding hydrogens is 170 g/mol. The number of rotatable bonds is 0. The highest BCUT2D eigenvalue weighted by Crippen LogP contribution is 2.33. The van der Waals surface area contributed by atoms with Gasteiger partial charge in [-0.05, 0) is 51.3 Å². The second-order valence-electron chi connectivity index (χ2n) is 5.20. The van der Waals surface area contributed by atoms with Gasteiger partial charge in [0.2, 0.25) is 0 Å². The van der Waals surface area contributed by atoms with Gasteiger partial charge >= 0.3 is 0 Å². The molecule has 1 nitrogen and oxygen atoms in total. The van der Waals surface area contributed by atoms with E-state index in [1.165, 1.54) is 29.8 Å². The van der Waals surface area contributed by atoms with E-state index in [-0.39, 0.29) is 5.54 Å². The maximum atomic E-state index is 2.51. The van der Waals surface area contributed by atoms with E-state index >= 15 is 0 Å². The van der Waals surface area contributed by atoms with Crippen LogP contribution < -0.4 is 4.90 Å². The molecule has 14 heavy (non-hydrogen) atoms. The molecule has 1 heteroatoms. The van der Waals surface area contributed by atoms with Crippen molar-refractivity contribution in [3.63, 3.8) is 0 Å². The Morgan fingerprint density at radius 1 is 1.21 bits per heavy atom. The second-order valence-corrected chi connectivity index (χ2v) is 5.20. The van der Waals surface area contributed by atoms with E-state index in [9.17, 15) is 0 Å². The second kappa shape index (κ2) is 3.01. The summed E-state index contributed by atoms with van der Waals surface area (Å²) in [7, 11) is 0. The third kappa shape index (κ3) is 1.52. The van der Waals surface area contributed by atoms with Gasteiger partial charge in [0.05, 0.1) is 0 Å². The molecule has 1 heterocycles. The van der Waals surface area contributed by atoms with Crippen LogP contribution in [0.25, 0.3) is 0 Å². The Morgan fingerprint density at radius 3 is 2.57 bits per heavy atom. The fourth-order valence-electron chi connectivity index (χ4n) is 2.19. The molecule has 0 N–H and O–H groups in total. The van der Waals surface area contributed by atoms with Crippen molar-refractivity contribution < 1.29 is 0 Å². The molecule has 0 radical (unpaired) electrons. The number of nitrogens with zero attached hydrogens (tertiary/aromatic N) is 1. The largest absolute Gasteiger partial charge is 0.366 e. The molecule has 0 saturated carbocycles. The Labute approximate surface area is 86.7 Å². The summed E-state index contributed by atoms with van der Waals surface area (Å²) in [4.78, 5) is 2.51. The molecule has 1 aliphatic rings. The third-order valence-corrected chi connectivity index (χ3v) is 2.95. The third-order valence-electron chi connectivity index (χ3n) is 2.95. The van der Waals surface area contributed by atoms with Crippen LogP contribution in [0.3, 0.4) is 0 Å². The molecule has 0 fully saturated rings. The minimum absolute atomic E-state index is 0.249. The van der Waals surface area contributed by atoms with Crippen LogP contribution in [0.5, 0.6) is 0 Å². The van der Waals surface area contributed by atoms with Crippen LogP contribution in [0, 0.1) is 6.92 Å². The van der Waals surface area contributed by atoms with Crippen LogP contribution in [-0.2, 0) is 6.42 Å². The Morgan fingerprint density at radius 2 is 1.93 bits per heavy atom. The molecule has 1 aliphatic heterocycles. The van der Waals surface area contributed by atoms with Gasteiger partial charge < -0.3 is 4.90 Å². The molecule has 2 rings (SSSR count). The highest BCUT2D eigenvalue weighted by molar-refractivity contribution is 5.60. The van der Waals surface area contributed by atoms with Crippen molar-refractivity contribution in [3.8, 4) is 0 Å². The fourth-order valence-corrected chi connectivity index (χ4v) is 2.19. The van der Waals surface area contributed by atoms with Crippen molar-refractivity contribution in [1.82, 2.24) is 0 Å². The lowest BCUT2D eigenvalue weighted by Gasteiger charge is -2.34. The average Bonchev–Trinajstić information content (AvgIpc) is 2.45. The van der Waals surface area contributed by atoms with Crippen LogP contribution in [0.4, 0.5) is 5.69 Å². The monoisotopic (exact) mass is 189 g/mol. The van der Waals surface area contributed by atoms with E-state index in [1.807, 2.05) is 0 Å². The van der Waals surface area contributed by atoms with Crippen LogP contribution in [0.1, 0.15) is 31.9 Å². The Bertz CT molecular complexity index is 347. The smallest absolute Gasteiger partial charge is 0.0406 e. The first-order chi connectivity index (χ1) is 6.48. The van der Waals surface area contributed by atoms with E-state index < -0.39 is 0 Å². The molecular formula is C13H19N. The van der Waals surface area contributed by atoms with Gasteiger partial charge in [-0.2, -0.15) is 0 Å². The van der Waals surface area contributed by atoms with Gasteiger partial charge in [-0.3, -0.25) is 0 Å². The van der Waals surface area contributed by atoms with Crippen LogP contribution in [0.15, 0.2) is 18.2 Å². The zero-order valence-electron chi connectivity index (χ0n) is 9.59. The quantitative estimate of drug-likeness (QED) is 0.606. The predicted molar refractivity (Wildman–Crippen MR) is 62.0 cm³/mol. The van der Waals surface area contributed by atoms with E-state index in [0.29, 0.717) is 0 Å². The first kappa shape index (κ1) is 9.57.